The molecule has 0 aromatic heterocycles. The Morgan fingerprint density at radius 2 is 1.82 bits per heavy atom. The lowest BCUT2D eigenvalue weighted by Crippen LogP contribution is -2.77. The minimum Gasteiger partial charge on any atom is -0.372 e. The van der Waals surface area contributed by atoms with Crippen molar-refractivity contribution < 1.29 is 19.1 Å². The lowest BCUT2D eigenvalue weighted by atomic mass is 9.66. The fraction of sp³-hybridized carbons (Fsp3) is 0.571. The summed E-state index contributed by atoms with van der Waals surface area (Å²) in [4.78, 5) is 43.0. The van der Waals surface area contributed by atoms with E-state index in [4.69, 9.17) is 4.74 Å². The molecule has 2 saturated heterocycles. The number of nitrogens with one attached hydrogen (secondary N) is 1. The lowest BCUT2D eigenvalue weighted by Gasteiger charge is -2.57. The standard InChI is InChI=1S/C21H27N3O4/c1-12-11-23-15-9-7-6-8-14(15)10-21(16(23)13(2)28-12)17(25)22-19(27)24(18(21)26)20(3,4)5/h6-9,12-13,16H,10-11H2,1-5H3,(H,22,25,27)/t12-,13+,16+,21-/m1/s1. The first-order chi connectivity index (χ1) is 13.1. The van der Waals surface area contributed by atoms with E-state index >= 15 is 0 Å². The van der Waals surface area contributed by atoms with E-state index in [9.17, 15) is 14.4 Å². The summed E-state index contributed by atoms with van der Waals surface area (Å²) in [6.07, 6.45) is -0.130. The van der Waals surface area contributed by atoms with E-state index in [-0.39, 0.29) is 18.6 Å². The Bertz CT molecular complexity index is 861. The molecule has 4 atom stereocenters. The van der Waals surface area contributed by atoms with E-state index in [1.807, 2.05) is 38.1 Å². The van der Waals surface area contributed by atoms with Gasteiger partial charge in [-0.15, -0.1) is 0 Å². The van der Waals surface area contributed by atoms with Crippen molar-refractivity contribution >= 4 is 23.5 Å². The third-order valence-corrected chi connectivity index (χ3v) is 6.04. The molecule has 0 bridgehead atoms. The molecule has 3 aliphatic heterocycles. The summed E-state index contributed by atoms with van der Waals surface area (Å²) >= 11 is 0. The first kappa shape index (κ1) is 18.9. The monoisotopic (exact) mass is 385 g/mol. The maximum atomic E-state index is 13.8. The highest BCUT2D eigenvalue weighted by molar-refractivity contribution is 6.20. The predicted octanol–water partition coefficient (Wildman–Crippen LogP) is 2.09. The number of anilines is 1. The number of urea groups is 1. The predicted molar refractivity (Wildman–Crippen MR) is 104 cm³/mol. The van der Waals surface area contributed by atoms with E-state index < -0.39 is 34.8 Å². The molecular formula is C21H27N3O4. The Hall–Kier alpha value is -2.41. The maximum Gasteiger partial charge on any atom is 0.331 e. The van der Waals surface area contributed by atoms with Crippen molar-refractivity contribution in [1.82, 2.24) is 10.2 Å². The Morgan fingerprint density at radius 1 is 1.14 bits per heavy atom. The summed E-state index contributed by atoms with van der Waals surface area (Å²) in [5.41, 5.74) is -0.190. The van der Waals surface area contributed by atoms with Crippen LogP contribution in [0.4, 0.5) is 10.5 Å². The molecule has 0 unspecified atom stereocenters. The lowest BCUT2D eigenvalue weighted by molar-refractivity contribution is -0.163. The van der Waals surface area contributed by atoms with E-state index in [1.165, 1.54) is 4.90 Å². The number of imide groups is 2. The zero-order valence-corrected chi connectivity index (χ0v) is 17.0. The molecule has 4 amide bonds. The first-order valence-corrected chi connectivity index (χ1v) is 9.77. The van der Waals surface area contributed by atoms with Crippen molar-refractivity contribution in [1.29, 1.82) is 0 Å². The van der Waals surface area contributed by atoms with Crippen molar-refractivity contribution in [3.05, 3.63) is 29.8 Å². The number of nitrogens with zero attached hydrogens (tertiary/aromatic N) is 2. The summed E-state index contributed by atoms with van der Waals surface area (Å²) < 4.78 is 6.07. The van der Waals surface area contributed by atoms with E-state index in [0.29, 0.717) is 6.54 Å². The third kappa shape index (κ3) is 2.49. The molecule has 0 aliphatic carbocycles. The molecule has 2 fully saturated rings. The van der Waals surface area contributed by atoms with Crippen molar-refractivity contribution in [2.45, 2.75) is 64.8 Å². The summed E-state index contributed by atoms with van der Waals surface area (Å²) in [5, 5.41) is 2.47. The Balaban J connectivity index is 1.93. The number of amides is 4. The number of morpholine rings is 1. The maximum absolute atomic E-state index is 13.8. The molecule has 1 N–H and O–H groups in total. The van der Waals surface area contributed by atoms with Crippen molar-refractivity contribution in [3.63, 3.8) is 0 Å². The van der Waals surface area contributed by atoms with E-state index in [0.717, 1.165) is 11.3 Å². The van der Waals surface area contributed by atoms with Crippen LogP contribution >= 0.6 is 0 Å². The van der Waals surface area contributed by atoms with Gasteiger partial charge in [-0.25, -0.2) is 4.79 Å². The van der Waals surface area contributed by atoms with Crippen LogP contribution in [-0.2, 0) is 20.7 Å². The highest BCUT2D eigenvalue weighted by atomic mass is 16.5. The van der Waals surface area contributed by atoms with Gasteiger partial charge in [-0.3, -0.25) is 19.8 Å². The number of hydrogen-bond donors (Lipinski definition) is 1. The molecule has 3 heterocycles. The van der Waals surface area contributed by atoms with Crippen LogP contribution in [0.2, 0.25) is 0 Å². The van der Waals surface area contributed by atoms with Gasteiger partial charge in [0.25, 0.3) is 0 Å². The second-order valence-electron chi connectivity index (χ2n) is 9.10. The molecule has 1 aromatic rings. The highest BCUT2D eigenvalue weighted by Crippen LogP contribution is 2.48. The SMILES string of the molecule is C[C@@H]1CN2c3ccccc3C[C@]3(C(=O)NC(=O)N(C(C)(C)C)C3=O)[C@@H]2[C@H](C)O1. The number of barbiturate groups is 1. The van der Waals surface area contributed by atoms with Gasteiger partial charge in [-0.1, -0.05) is 18.2 Å². The van der Waals surface area contributed by atoms with Crippen LogP contribution in [0.3, 0.4) is 0 Å². The van der Waals surface area contributed by atoms with E-state index in [1.54, 1.807) is 20.8 Å². The highest BCUT2D eigenvalue weighted by Gasteiger charge is 2.65. The fourth-order valence-electron chi connectivity index (χ4n) is 5.07. The molecule has 3 aliphatic rings. The van der Waals surface area contributed by atoms with E-state index in [2.05, 4.69) is 10.2 Å². The summed E-state index contributed by atoms with van der Waals surface area (Å²) in [7, 11) is 0. The molecule has 1 aromatic carbocycles. The molecule has 150 valence electrons. The smallest absolute Gasteiger partial charge is 0.331 e. The van der Waals surface area contributed by atoms with Crippen LogP contribution in [-0.4, -0.2) is 53.1 Å². The zero-order chi connectivity index (χ0) is 20.4. The Labute approximate surface area is 165 Å². The Morgan fingerprint density at radius 3 is 2.50 bits per heavy atom. The fourth-order valence-corrected chi connectivity index (χ4v) is 5.07. The molecular weight excluding hydrogens is 358 g/mol. The largest absolute Gasteiger partial charge is 0.372 e. The van der Waals surface area contributed by atoms with Gasteiger partial charge in [-0.05, 0) is 52.7 Å². The van der Waals surface area contributed by atoms with Gasteiger partial charge in [0, 0.05) is 17.8 Å². The second kappa shape index (κ2) is 6.04. The molecule has 4 rings (SSSR count). The molecule has 7 heteroatoms. The van der Waals surface area contributed by atoms with Gasteiger partial charge in [0.1, 0.15) is 0 Å². The second-order valence-corrected chi connectivity index (χ2v) is 9.10. The van der Waals surface area contributed by atoms with Crippen LogP contribution in [0.15, 0.2) is 24.3 Å². The number of carbonyl (C=O) groups excluding carboxylic acids is 3. The number of hydrogen-bond acceptors (Lipinski definition) is 5. The topological polar surface area (TPSA) is 79.0 Å². The van der Waals surface area contributed by atoms with Crippen molar-refractivity contribution in [3.8, 4) is 0 Å². The average molecular weight is 385 g/mol. The number of ether oxygens (including phenoxy) is 1. The van der Waals surface area contributed by atoms with Gasteiger partial charge in [0.2, 0.25) is 11.8 Å². The molecule has 1 spiro atoms. The molecule has 0 radical (unpaired) electrons. The average Bonchev–Trinajstić information content (AvgIpc) is 2.58. The third-order valence-electron chi connectivity index (χ3n) is 6.04. The van der Waals surface area contributed by atoms with Crippen LogP contribution in [0.5, 0.6) is 0 Å². The molecule has 7 nitrogen and oxygen atoms in total. The van der Waals surface area contributed by atoms with Gasteiger partial charge in [-0.2, -0.15) is 0 Å². The minimum atomic E-state index is -1.41. The van der Waals surface area contributed by atoms with Crippen LogP contribution in [0, 0.1) is 5.41 Å². The molecule has 28 heavy (non-hydrogen) atoms. The van der Waals surface area contributed by atoms with Crippen LogP contribution in [0.1, 0.15) is 40.2 Å². The Kier molecular flexibility index (Phi) is 4.08. The summed E-state index contributed by atoms with van der Waals surface area (Å²) in [6, 6.07) is 6.72. The van der Waals surface area contributed by atoms with Gasteiger partial charge >= 0.3 is 6.03 Å². The van der Waals surface area contributed by atoms with Crippen molar-refractivity contribution in [2.24, 2.45) is 5.41 Å². The molecule has 0 saturated carbocycles. The van der Waals surface area contributed by atoms with Crippen LogP contribution < -0.4 is 10.2 Å². The quantitative estimate of drug-likeness (QED) is 0.692. The van der Waals surface area contributed by atoms with Gasteiger partial charge in [0.15, 0.2) is 5.41 Å². The number of para-hydroxylation sites is 1. The number of benzene rings is 1. The summed E-state index contributed by atoms with van der Waals surface area (Å²) in [6.45, 7) is 9.87. The zero-order valence-electron chi connectivity index (χ0n) is 17.0. The van der Waals surface area contributed by atoms with Crippen LogP contribution in [0.25, 0.3) is 0 Å². The van der Waals surface area contributed by atoms with Crippen molar-refractivity contribution in [2.75, 3.05) is 11.4 Å². The normalized spacial score (nSPS) is 32.9. The first-order valence-electron chi connectivity index (χ1n) is 9.77. The summed E-state index contributed by atoms with van der Waals surface area (Å²) in [5.74, 6) is -0.972. The van der Waals surface area contributed by atoms with Gasteiger partial charge < -0.3 is 9.64 Å². The number of fused-ring (bicyclic) bond motifs is 4. The number of rotatable bonds is 0. The minimum absolute atomic E-state index is 0.0310. The number of carbonyl (C=O) groups is 3. The van der Waals surface area contributed by atoms with Gasteiger partial charge in [0.05, 0.1) is 18.2 Å².